The zero-order valence-electron chi connectivity index (χ0n) is 16.8. The smallest absolute Gasteiger partial charge is 0.335 e. The average Bonchev–Trinajstić information content (AvgIpc) is 2.99. The summed E-state index contributed by atoms with van der Waals surface area (Å²) in [5, 5.41) is 9.41. The number of carbonyl (C=O) groups is 1. The van der Waals surface area contributed by atoms with E-state index in [0.717, 1.165) is 11.8 Å². The number of carboxylic acid groups (broad SMARTS) is 1. The van der Waals surface area contributed by atoms with Crippen molar-refractivity contribution in [1.82, 2.24) is 9.13 Å². The van der Waals surface area contributed by atoms with E-state index in [0.29, 0.717) is 16.8 Å². The van der Waals surface area contributed by atoms with Crippen LogP contribution in [0.25, 0.3) is 16.7 Å². The number of aromatic nitrogens is 2. The van der Waals surface area contributed by atoms with Gasteiger partial charge in [-0.05, 0) is 54.1 Å². The molecule has 0 amide bonds. The van der Waals surface area contributed by atoms with Crippen molar-refractivity contribution in [3.8, 4) is 5.69 Å². The number of carboxylic acids is 1. The van der Waals surface area contributed by atoms with Crippen LogP contribution < -0.4 is 10.6 Å². The molecular weight excluding hydrogens is 421 g/mol. The molecule has 1 aromatic heterocycles. The highest BCUT2D eigenvalue weighted by molar-refractivity contribution is 6.31. The van der Waals surface area contributed by atoms with Crippen molar-refractivity contribution in [1.29, 1.82) is 0 Å². The molecule has 0 saturated carbocycles. The molecule has 4 rings (SSSR count). The molecule has 31 heavy (non-hydrogen) atoms. The van der Waals surface area contributed by atoms with Gasteiger partial charge in [-0.3, -0.25) is 9.13 Å². The summed E-state index contributed by atoms with van der Waals surface area (Å²) in [5.74, 6) is -1.70. The zero-order chi connectivity index (χ0) is 22.3. The van der Waals surface area contributed by atoms with Gasteiger partial charge in [0.1, 0.15) is 5.52 Å². The second-order valence-corrected chi connectivity index (χ2v) is 7.81. The normalized spacial score (nSPS) is 11.1. The first-order valence-corrected chi connectivity index (χ1v) is 9.84. The van der Waals surface area contributed by atoms with Gasteiger partial charge in [-0.1, -0.05) is 23.7 Å². The lowest BCUT2D eigenvalue weighted by Gasteiger charge is -2.13. The number of nitrogens with zero attached hydrogens (tertiary/aromatic N) is 3. The van der Waals surface area contributed by atoms with E-state index < -0.39 is 17.5 Å². The van der Waals surface area contributed by atoms with E-state index in [1.165, 1.54) is 21.3 Å². The molecule has 0 unspecified atom stereocenters. The van der Waals surface area contributed by atoms with Gasteiger partial charge in [0, 0.05) is 24.8 Å². The molecular formula is C23H19ClFN3O3. The van der Waals surface area contributed by atoms with Crippen LogP contribution in [0.5, 0.6) is 0 Å². The van der Waals surface area contributed by atoms with Gasteiger partial charge in [-0.15, -0.1) is 0 Å². The van der Waals surface area contributed by atoms with Gasteiger partial charge in [-0.2, -0.15) is 0 Å². The summed E-state index contributed by atoms with van der Waals surface area (Å²) in [4.78, 5) is 26.6. The molecule has 0 spiro atoms. The summed E-state index contributed by atoms with van der Waals surface area (Å²) < 4.78 is 17.6. The highest BCUT2D eigenvalue weighted by Gasteiger charge is 2.19. The number of imidazole rings is 1. The summed E-state index contributed by atoms with van der Waals surface area (Å²) in [6.07, 6.45) is 0. The Balaban J connectivity index is 1.93. The molecule has 4 aromatic rings. The van der Waals surface area contributed by atoms with Crippen LogP contribution in [0.15, 0.2) is 65.5 Å². The minimum absolute atomic E-state index is 0.0117. The number of aromatic carboxylic acids is 1. The lowest BCUT2D eigenvalue weighted by Crippen LogP contribution is -2.24. The van der Waals surface area contributed by atoms with E-state index in [1.807, 2.05) is 31.1 Å². The average molecular weight is 440 g/mol. The SMILES string of the molecule is CN(C)c1ccc(-n2c(=O)n(Cc3cccc(C(=O)O)c3)c3c(F)cc(Cl)cc32)cc1. The summed E-state index contributed by atoms with van der Waals surface area (Å²) in [6, 6.07) is 16.2. The molecule has 0 saturated heterocycles. The van der Waals surface area contributed by atoms with Crippen LogP contribution in [0.2, 0.25) is 5.02 Å². The summed E-state index contributed by atoms with van der Waals surface area (Å²) in [5.41, 5.74) is 2.18. The summed E-state index contributed by atoms with van der Waals surface area (Å²) in [6.45, 7) is 0.0117. The minimum Gasteiger partial charge on any atom is -0.478 e. The zero-order valence-corrected chi connectivity index (χ0v) is 17.6. The Bertz CT molecular complexity index is 1360. The second-order valence-electron chi connectivity index (χ2n) is 7.38. The maximum Gasteiger partial charge on any atom is 0.335 e. The highest BCUT2D eigenvalue weighted by Crippen LogP contribution is 2.26. The molecule has 158 valence electrons. The first-order valence-electron chi connectivity index (χ1n) is 9.46. The molecule has 1 N–H and O–H groups in total. The molecule has 8 heteroatoms. The molecule has 3 aromatic carbocycles. The van der Waals surface area contributed by atoms with Crippen LogP contribution in [0.3, 0.4) is 0 Å². The Hall–Kier alpha value is -3.58. The van der Waals surface area contributed by atoms with Gasteiger partial charge in [0.05, 0.1) is 23.3 Å². The van der Waals surface area contributed by atoms with Crippen molar-refractivity contribution in [3.05, 3.63) is 93.1 Å². The maximum absolute atomic E-state index is 14.9. The number of hydrogen-bond donors (Lipinski definition) is 1. The molecule has 0 bridgehead atoms. The fourth-order valence-corrected chi connectivity index (χ4v) is 3.79. The lowest BCUT2D eigenvalue weighted by molar-refractivity contribution is 0.0696. The minimum atomic E-state index is -1.07. The van der Waals surface area contributed by atoms with E-state index in [-0.39, 0.29) is 22.6 Å². The first-order chi connectivity index (χ1) is 14.8. The molecule has 0 radical (unpaired) electrons. The van der Waals surface area contributed by atoms with Crippen molar-refractivity contribution in [2.75, 3.05) is 19.0 Å². The van der Waals surface area contributed by atoms with E-state index in [2.05, 4.69) is 0 Å². The lowest BCUT2D eigenvalue weighted by atomic mass is 10.1. The monoisotopic (exact) mass is 439 g/mol. The molecule has 0 atom stereocenters. The summed E-state index contributed by atoms with van der Waals surface area (Å²) >= 11 is 6.09. The van der Waals surface area contributed by atoms with Crippen LogP contribution in [0.4, 0.5) is 10.1 Å². The predicted octanol–water partition coefficient (Wildman–Crippen LogP) is 4.40. The number of benzene rings is 3. The van der Waals surface area contributed by atoms with Gasteiger partial charge in [0.25, 0.3) is 0 Å². The largest absolute Gasteiger partial charge is 0.478 e. The van der Waals surface area contributed by atoms with Crippen molar-refractivity contribution in [2.24, 2.45) is 0 Å². The van der Waals surface area contributed by atoms with E-state index in [9.17, 15) is 19.1 Å². The fraction of sp³-hybridized carbons (Fsp3) is 0.130. The van der Waals surface area contributed by atoms with Gasteiger partial charge in [0.2, 0.25) is 0 Å². The maximum atomic E-state index is 14.9. The number of rotatable bonds is 5. The van der Waals surface area contributed by atoms with Crippen molar-refractivity contribution in [3.63, 3.8) is 0 Å². The molecule has 0 fully saturated rings. The molecule has 0 aliphatic rings. The summed E-state index contributed by atoms with van der Waals surface area (Å²) in [7, 11) is 3.82. The van der Waals surface area contributed by atoms with Crippen molar-refractivity contribution < 1.29 is 14.3 Å². The third kappa shape index (κ3) is 3.80. The van der Waals surface area contributed by atoms with Gasteiger partial charge < -0.3 is 10.0 Å². The third-order valence-electron chi connectivity index (χ3n) is 5.08. The second kappa shape index (κ2) is 7.92. The topological polar surface area (TPSA) is 67.5 Å². The number of hydrogen-bond acceptors (Lipinski definition) is 3. The Morgan fingerprint density at radius 3 is 2.45 bits per heavy atom. The van der Waals surface area contributed by atoms with Crippen LogP contribution in [0, 0.1) is 5.82 Å². The van der Waals surface area contributed by atoms with E-state index in [1.54, 1.807) is 30.3 Å². The first kappa shape index (κ1) is 20.7. The predicted molar refractivity (Wildman–Crippen MR) is 119 cm³/mol. The van der Waals surface area contributed by atoms with E-state index in [4.69, 9.17) is 11.6 Å². The van der Waals surface area contributed by atoms with Crippen LogP contribution >= 0.6 is 11.6 Å². The quantitative estimate of drug-likeness (QED) is 0.500. The number of anilines is 1. The van der Waals surface area contributed by atoms with Crippen LogP contribution in [0.1, 0.15) is 15.9 Å². The Labute approximate surface area is 182 Å². The molecule has 0 aliphatic heterocycles. The molecule has 0 aliphatic carbocycles. The van der Waals surface area contributed by atoms with Gasteiger partial charge in [-0.25, -0.2) is 14.0 Å². The third-order valence-corrected chi connectivity index (χ3v) is 5.30. The Kier molecular flexibility index (Phi) is 5.29. The fourth-order valence-electron chi connectivity index (χ4n) is 3.59. The Morgan fingerprint density at radius 1 is 1.10 bits per heavy atom. The standard InChI is InChI=1S/C23H19ClFN3O3/c1-26(2)17-6-8-18(9-7-17)28-20-12-16(24)11-19(25)21(20)27(23(28)31)13-14-4-3-5-15(10-14)22(29)30/h3-12H,13H2,1-2H3,(H,29,30). The van der Waals surface area contributed by atoms with Crippen molar-refractivity contribution >= 4 is 34.3 Å². The number of halogens is 2. The van der Waals surface area contributed by atoms with Crippen molar-refractivity contribution in [2.45, 2.75) is 6.54 Å². The van der Waals surface area contributed by atoms with Crippen LogP contribution in [-0.4, -0.2) is 34.3 Å². The van der Waals surface area contributed by atoms with Gasteiger partial charge >= 0.3 is 11.7 Å². The van der Waals surface area contributed by atoms with Gasteiger partial charge in [0.15, 0.2) is 5.82 Å². The molecule has 1 heterocycles. The van der Waals surface area contributed by atoms with E-state index >= 15 is 0 Å². The Morgan fingerprint density at radius 2 is 1.81 bits per heavy atom. The number of fused-ring (bicyclic) bond motifs is 1. The highest BCUT2D eigenvalue weighted by atomic mass is 35.5. The molecule has 6 nitrogen and oxygen atoms in total. The van der Waals surface area contributed by atoms with Crippen LogP contribution in [-0.2, 0) is 6.54 Å².